The minimum absolute atomic E-state index is 0.693. The van der Waals surface area contributed by atoms with Gasteiger partial charge in [0.1, 0.15) is 11.5 Å². The number of hydrogen-bond acceptors (Lipinski definition) is 2. The maximum absolute atomic E-state index is 6.19. The second kappa shape index (κ2) is 6.82. The van der Waals surface area contributed by atoms with Gasteiger partial charge in [-0.3, -0.25) is 0 Å². The highest BCUT2D eigenvalue weighted by Gasteiger charge is 2.07. The van der Waals surface area contributed by atoms with Crippen molar-refractivity contribution >= 4 is 11.6 Å². The number of aryl methyl sites for hydroxylation is 1. The average Bonchev–Trinajstić information content (AvgIpc) is 2.98. The minimum Gasteiger partial charge on any atom is -0.460 e. The van der Waals surface area contributed by atoms with Gasteiger partial charge in [0.2, 0.25) is 0 Å². The van der Waals surface area contributed by atoms with Crippen LogP contribution >= 0.6 is 11.6 Å². The molecular formula is C19H18ClNO. The maximum atomic E-state index is 6.19. The van der Waals surface area contributed by atoms with Gasteiger partial charge in [0.05, 0.1) is 11.6 Å². The molecule has 0 radical (unpaired) electrons. The van der Waals surface area contributed by atoms with Crippen LogP contribution in [-0.2, 0) is 13.1 Å². The van der Waals surface area contributed by atoms with E-state index in [9.17, 15) is 0 Å². The number of halogens is 1. The Morgan fingerprint density at radius 3 is 2.45 bits per heavy atom. The zero-order chi connectivity index (χ0) is 15.4. The van der Waals surface area contributed by atoms with Crippen LogP contribution in [0.2, 0.25) is 5.02 Å². The van der Waals surface area contributed by atoms with Gasteiger partial charge in [0, 0.05) is 12.1 Å². The van der Waals surface area contributed by atoms with E-state index in [4.69, 9.17) is 16.0 Å². The van der Waals surface area contributed by atoms with Gasteiger partial charge in [-0.05, 0) is 36.8 Å². The Hall–Kier alpha value is -2.03. The van der Waals surface area contributed by atoms with Crippen molar-refractivity contribution in [3.63, 3.8) is 0 Å². The van der Waals surface area contributed by atoms with E-state index >= 15 is 0 Å². The van der Waals surface area contributed by atoms with E-state index in [-0.39, 0.29) is 0 Å². The third-order valence-electron chi connectivity index (χ3n) is 3.55. The van der Waals surface area contributed by atoms with Crippen LogP contribution in [0.15, 0.2) is 65.1 Å². The number of nitrogens with one attached hydrogen (secondary N) is 1. The molecule has 0 aliphatic carbocycles. The number of rotatable bonds is 5. The zero-order valence-corrected chi connectivity index (χ0v) is 13.2. The number of furan rings is 1. The topological polar surface area (TPSA) is 25.2 Å². The quantitative estimate of drug-likeness (QED) is 0.700. The summed E-state index contributed by atoms with van der Waals surface area (Å²) in [6.07, 6.45) is 0. The van der Waals surface area contributed by atoms with Crippen molar-refractivity contribution in [1.82, 2.24) is 5.32 Å². The van der Waals surface area contributed by atoms with Crippen molar-refractivity contribution in [1.29, 1.82) is 0 Å². The van der Waals surface area contributed by atoms with Crippen LogP contribution in [0.5, 0.6) is 0 Å². The van der Waals surface area contributed by atoms with Crippen LogP contribution in [0, 0.1) is 6.92 Å². The van der Waals surface area contributed by atoms with E-state index in [1.54, 1.807) is 0 Å². The van der Waals surface area contributed by atoms with Gasteiger partial charge in [0.15, 0.2) is 0 Å². The molecule has 0 spiro atoms. The van der Waals surface area contributed by atoms with Gasteiger partial charge < -0.3 is 9.73 Å². The molecule has 0 aliphatic heterocycles. The molecule has 0 aliphatic rings. The summed E-state index contributed by atoms with van der Waals surface area (Å²) in [4.78, 5) is 0. The number of hydrogen-bond donors (Lipinski definition) is 1. The molecule has 2 aromatic carbocycles. The van der Waals surface area contributed by atoms with Crippen LogP contribution in [0.1, 0.15) is 16.9 Å². The van der Waals surface area contributed by atoms with Crippen molar-refractivity contribution in [3.8, 4) is 11.3 Å². The molecule has 22 heavy (non-hydrogen) atoms. The first kappa shape index (κ1) is 14.9. The summed E-state index contributed by atoms with van der Waals surface area (Å²) in [5.41, 5.74) is 3.47. The fraction of sp³-hybridized carbons (Fsp3) is 0.158. The molecule has 112 valence electrons. The molecule has 3 aromatic rings. The zero-order valence-electron chi connectivity index (χ0n) is 12.5. The van der Waals surface area contributed by atoms with Gasteiger partial charge in [-0.25, -0.2) is 0 Å². The molecule has 3 heteroatoms. The van der Waals surface area contributed by atoms with Gasteiger partial charge in [0.25, 0.3) is 0 Å². The van der Waals surface area contributed by atoms with Crippen LogP contribution in [0.3, 0.4) is 0 Å². The summed E-state index contributed by atoms with van der Waals surface area (Å²) < 4.78 is 5.86. The monoisotopic (exact) mass is 311 g/mol. The van der Waals surface area contributed by atoms with E-state index in [1.807, 2.05) is 36.4 Å². The molecule has 0 atom stereocenters. The summed E-state index contributed by atoms with van der Waals surface area (Å²) in [5.74, 6) is 1.71. The summed E-state index contributed by atoms with van der Waals surface area (Å²) in [6, 6.07) is 20.2. The smallest absolute Gasteiger partial charge is 0.135 e. The Morgan fingerprint density at radius 1 is 0.909 bits per heavy atom. The van der Waals surface area contributed by atoms with E-state index in [0.717, 1.165) is 23.6 Å². The van der Waals surface area contributed by atoms with Crippen LogP contribution in [0.25, 0.3) is 11.3 Å². The van der Waals surface area contributed by atoms with Gasteiger partial charge in [-0.1, -0.05) is 53.6 Å². The molecule has 0 bridgehead atoms. The highest BCUT2D eigenvalue weighted by Crippen LogP contribution is 2.28. The summed E-state index contributed by atoms with van der Waals surface area (Å²) >= 11 is 6.19. The van der Waals surface area contributed by atoms with Crippen molar-refractivity contribution in [2.75, 3.05) is 0 Å². The van der Waals surface area contributed by atoms with Gasteiger partial charge in [-0.15, -0.1) is 0 Å². The molecule has 0 saturated heterocycles. The highest BCUT2D eigenvalue weighted by atomic mass is 35.5. The van der Waals surface area contributed by atoms with Crippen LogP contribution < -0.4 is 5.32 Å². The molecule has 0 saturated carbocycles. The lowest BCUT2D eigenvalue weighted by atomic mass is 10.1. The molecule has 0 fully saturated rings. The minimum atomic E-state index is 0.693. The molecule has 0 amide bonds. The van der Waals surface area contributed by atoms with E-state index < -0.39 is 0 Å². The van der Waals surface area contributed by atoms with Crippen molar-refractivity contribution < 1.29 is 4.42 Å². The lowest BCUT2D eigenvalue weighted by molar-refractivity contribution is 0.493. The molecule has 1 heterocycles. The van der Waals surface area contributed by atoms with Crippen LogP contribution in [0.4, 0.5) is 0 Å². The Balaban J connectivity index is 1.60. The largest absolute Gasteiger partial charge is 0.460 e. The van der Waals surface area contributed by atoms with Gasteiger partial charge >= 0.3 is 0 Å². The molecule has 3 rings (SSSR count). The summed E-state index contributed by atoms with van der Waals surface area (Å²) in [5, 5.41) is 4.09. The van der Waals surface area contributed by atoms with E-state index in [2.05, 4.69) is 36.5 Å². The molecule has 1 N–H and O–H groups in total. The first-order valence-electron chi connectivity index (χ1n) is 7.32. The molecule has 1 aromatic heterocycles. The van der Waals surface area contributed by atoms with Crippen LogP contribution in [-0.4, -0.2) is 0 Å². The number of benzene rings is 2. The SMILES string of the molecule is Cc1ccc(CNCc2ccc(-c3ccccc3Cl)o2)cc1. The van der Waals surface area contributed by atoms with E-state index in [1.165, 1.54) is 11.1 Å². The Kier molecular flexibility index (Phi) is 4.62. The molecule has 2 nitrogen and oxygen atoms in total. The first-order valence-corrected chi connectivity index (χ1v) is 7.70. The Labute approximate surface area is 135 Å². The highest BCUT2D eigenvalue weighted by molar-refractivity contribution is 6.33. The summed E-state index contributed by atoms with van der Waals surface area (Å²) in [6.45, 7) is 3.61. The second-order valence-corrected chi connectivity index (χ2v) is 5.74. The lowest BCUT2D eigenvalue weighted by Gasteiger charge is -2.04. The third kappa shape index (κ3) is 3.59. The normalized spacial score (nSPS) is 10.8. The maximum Gasteiger partial charge on any atom is 0.135 e. The standard InChI is InChI=1S/C19H18ClNO/c1-14-6-8-15(9-7-14)12-21-13-16-10-11-19(22-16)17-4-2-3-5-18(17)20/h2-11,21H,12-13H2,1H3. The first-order chi connectivity index (χ1) is 10.7. The predicted molar refractivity (Wildman–Crippen MR) is 90.9 cm³/mol. The fourth-order valence-electron chi connectivity index (χ4n) is 2.31. The average molecular weight is 312 g/mol. The van der Waals surface area contributed by atoms with Crippen molar-refractivity contribution in [2.24, 2.45) is 0 Å². The second-order valence-electron chi connectivity index (χ2n) is 5.33. The lowest BCUT2D eigenvalue weighted by Crippen LogP contribution is -2.11. The Morgan fingerprint density at radius 2 is 1.68 bits per heavy atom. The van der Waals surface area contributed by atoms with Gasteiger partial charge in [-0.2, -0.15) is 0 Å². The summed E-state index contributed by atoms with van der Waals surface area (Å²) in [7, 11) is 0. The molecular weight excluding hydrogens is 294 g/mol. The Bertz CT molecular complexity index is 746. The van der Waals surface area contributed by atoms with E-state index in [0.29, 0.717) is 11.6 Å². The molecule has 0 unspecified atom stereocenters. The van der Waals surface area contributed by atoms with Crippen molar-refractivity contribution in [2.45, 2.75) is 20.0 Å². The van der Waals surface area contributed by atoms with Crippen molar-refractivity contribution in [3.05, 3.63) is 82.6 Å². The fourth-order valence-corrected chi connectivity index (χ4v) is 2.54. The predicted octanol–water partition coefficient (Wildman–Crippen LogP) is 5.20. The third-order valence-corrected chi connectivity index (χ3v) is 3.88.